The van der Waals surface area contributed by atoms with Gasteiger partial charge >= 0.3 is 0 Å². The predicted octanol–water partition coefficient (Wildman–Crippen LogP) is 4.46. The molecule has 28 heavy (non-hydrogen) atoms. The number of H-pyrrole nitrogens is 1. The molecule has 1 amide bonds. The number of hydrogen-bond donors (Lipinski definition) is 2. The standard InChI is InChI=1S/C20H21N3O2S3/c1-26-13-5-2-4-12(10-13)21-17(24)8-9-27-11-16-22-19(25)18-14-6-3-7-15(14)28-20(18)23-16/h2,4-5,10H,3,6-9,11H2,1H3,(H,21,24)(H,22,23,25). The van der Waals surface area contributed by atoms with Crippen LogP contribution >= 0.6 is 34.9 Å². The summed E-state index contributed by atoms with van der Waals surface area (Å²) < 4.78 is 0. The van der Waals surface area contributed by atoms with Crippen molar-refractivity contribution in [2.75, 3.05) is 17.3 Å². The van der Waals surface area contributed by atoms with Crippen LogP contribution in [0.4, 0.5) is 5.69 Å². The van der Waals surface area contributed by atoms with Gasteiger partial charge in [0.2, 0.25) is 5.91 Å². The normalized spacial score (nSPS) is 13.0. The highest BCUT2D eigenvalue weighted by atomic mass is 32.2. The largest absolute Gasteiger partial charge is 0.326 e. The van der Waals surface area contributed by atoms with Gasteiger partial charge in [0, 0.05) is 27.6 Å². The van der Waals surface area contributed by atoms with Gasteiger partial charge in [0.25, 0.3) is 5.56 Å². The lowest BCUT2D eigenvalue weighted by Gasteiger charge is -2.06. The number of thioether (sulfide) groups is 2. The zero-order chi connectivity index (χ0) is 19.5. The zero-order valence-electron chi connectivity index (χ0n) is 15.5. The van der Waals surface area contributed by atoms with Crippen LogP contribution in [-0.4, -0.2) is 27.9 Å². The Balaban J connectivity index is 1.30. The van der Waals surface area contributed by atoms with Crippen LogP contribution in [0.1, 0.15) is 29.1 Å². The molecule has 1 aliphatic carbocycles. The molecular weight excluding hydrogens is 410 g/mol. The van der Waals surface area contributed by atoms with Gasteiger partial charge in [-0.15, -0.1) is 23.1 Å². The van der Waals surface area contributed by atoms with E-state index in [4.69, 9.17) is 0 Å². The van der Waals surface area contributed by atoms with Crippen LogP contribution < -0.4 is 10.9 Å². The Labute approximate surface area is 175 Å². The molecule has 0 aliphatic heterocycles. The number of aromatic nitrogens is 2. The van der Waals surface area contributed by atoms with Gasteiger partial charge in [-0.1, -0.05) is 6.07 Å². The molecule has 1 aliphatic rings. The molecule has 0 bridgehead atoms. The van der Waals surface area contributed by atoms with Crippen LogP contribution in [0.3, 0.4) is 0 Å². The average molecular weight is 432 g/mol. The Morgan fingerprint density at radius 1 is 1.36 bits per heavy atom. The lowest BCUT2D eigenvalue weighted by molar-refractivity contribution is -0.115. The molecule has 0 saturated heterocycles. The fourth-order valence-corrected chi connectivity index (χ4v) is 5.92. The molecule has 8 heteroatoms. The summed E-state index contributed by atoms with van der Waals surface area (Å²) in [5, 5.41) is 3.72. The fraction of sp³-hybridized carbons (Fsp3) is 0.350. The van der Waals surface area contributed by atoms with Gasteiger partial charge in [-0.25, -0.2) is 4.98 Å². The van der Waals surface area contributed by atoms with E-state index in [0.717, 1.165) is 40.1 Å². The second-order valence-electron chi connectivity index (χ2n) is 6.63. The number of fused-ring (bicyclic) bond motifs is 3. The maximum atomic E-state index is 12.5. The Morgan fingerprint density at radius 2 is 2.25 bits per heavy atom. The second kappa shape index (κ2) is 8.71. The van der Waals surface area contributed by atoms with E-state index in [1.807, 2.05) is 30.5 Å². The summed E-state index contributed by atoms with van der Waals surface area (Å²) >= 11 is 4.91. The molecule has 0 spiro atoms. The highest BCUT2D eigenvalue weighted by Gasteiger charge is 2.21. The summed E-state index contributed by atoms with van der Waals surface area (Å²) in [6.07, 6.45) is 5.63. The van der Waals surface area contributed by atoms with E-state index in [1.54, 1.807) is 34.9 Å². The number of amides is 1. The average Bonchev–Trinajstić information content (AvgIpc) is 3.26. The SMILES string of the molecule is CSc1cccc(NC(=O)CCSCc2nc3sc4c(c3c(=O)[nH]2)CCC4)c1. The van der Waals surface area contributed by atoms with Gasteiger partial charge < -0.3 is 10.3 Å². The van der Waals surface area contributed by atoms with E-state index in [9.17, 15) is 9.59 Å². The molecule has 2 N–H and O–H groups in total. The molecule has 1 aromatic carbocycles. The summed E-state index contributed by atoms with van der Waals surface area (Å²) in [5.74, 6) is 1.97. The minimum absolute atomic E-state index is 0.00246. The second-order valence-corrected chi connectivity index (χ2v) is 9.70. The van der Waals surface area contributed by atoms with Crippen molar-refractivity contribution in [2.45, 2.75) is 36.3 Å². The number of benzene rings is 1. The number of rotatable bonds is 7. The van der Waals surface area contributed by atoms with Crippen molar-refractivity contribution in [1.29, 1.82) is 0 Å². The molecule has 0 unspecified atom stereocenters. The van der Waals surface area contributed by atoms with Crippen LogP contribution in [0.2, 0.25) is 0 Å². The number of aromatic amines is 1. The molecule has 4 rings (SSSR count). The van der Waals surface area contributed by atoms with Crippen molar-refractivity contribution in [1.82, 2.24) is 9.97 Å². The highest BCUT2D eigenvalue weighted by Crippen LogP contribution is 2.34. The van der Waals surface area contributed by atoms with Crippen molar-refractivity contribution >= 4 is 56.7 Å². The van der Waals surface area contributed by atoms with Crippen molar-refractivity contribution in [3.05, 3.63) is 50.9 Å². The summed E-state index contributed by atoms with van der Waals surface area (Å²) in [4.78, 5) is 35.4. The summed E-state index contributed by atoms with van der Waals surface area (Å²) in [7, 11) is 0. The molecular formula is C20H21N3O2S3. The quantitative estimate of drug-likeness (QED) is 0.427. The summed E-state index contributed by atoms with van der Waals surface area (Å²) in [5.41, 5.74) is 2.01. The van der Waals surface area contributed by atoms with Crippen LogP contribution in [0.25, 0.3) is 10.2 Å². The first-order chi connectivity index (χ1) is 13.6. The molecule has 5 nitrogen and oxygen atoms in total. The maximum absolute atomic E-state index is 12.5. The van der Waals surface area contributed by atoms with Gasteiger partial charge in [0.1, 0.15) is 10.7 Å². The van der Waals surface area contributed by atoms with Crippen molar-refractivity contribution in [3.63, 3.8) is 0 Å². The summed E-state index contributed by atoms with van der Waals surface area (Å²) in [6, 6.07) is 7.82. The van der Waals surface area contributed by atoms with E-state index < -0.39 is 0 Å². The molecule has 3 aromatic rings. The Hall–Kier alpha value is -1.77. The first-order valence-corrected chi connectivity index (χ1v) is 12.4. The monoisotopic (exact) mass is 431 g/mol. The first kappa shape index (κ1) is 19.5. The van der Waals surface area contributed by atoms with Gasteiger partial charge in [-0.2, -0.15) is 11.8 Å². The van der Waals surface area contributed by atoms with Gasteiger partial charge in [0.15, 0.2) is 0 Å². The fourth-order valence-electron chi connectivity index (χ4n) is 3.37. The van der Waals surface area contributed by atoms with E-state index in [1.165, 1.54) is 10.4 Å². The van der Waals surface area contributed by atoms with Gasteiger partial charge in [-0.05, 0) is 49.3 Å². The Bertz CT molecular complexity index is 1070. The van der Waals surface area contributed by atoms with Gasteiger partial charge in [-0.3, -0.25) is 9.59 Å². The minimum atomic E-state index is -0.0218. The number of nitrogens with one attached hydrogen (secondary N) is 2. The predicted molar refractivity (Wildman–Crippen MR) is 120 cm³/mol. The molecule has 0 fully saturated rings. The lowest BCUT2D eigenvalue weighted by atomic mass is 10.2. The highest BCUT2D eigenvalue weighted by molar-refractivity contribution is 7.98. The van der Waals surface area contributed by atoms with Crippen molar-refractivity contribution in [2.24, 2.45) is 0 Å². The molecule has 2 aromatic heterocycles. The lowest BCUT2D eigenvalue weighted by Crippen LogP contribution is -2.13. The number of anilines is 1. The van der Waals surface area contributed by atoms with Crippen molar-refractivity contribution < 1.29 is 4.79 Å². The van der Waals surface area contributed by atoms with E-state index >= 15 is 0 Å². The molecule has 146 valence electrons. The molecule has 0 atom stereocenters. The van der Waals surface area contributed by atoms with Crippen LogP contribution in [0, 0.1) is 0 Å². The van der Waals surface area contributed by atoms with Crippen LogP contribution in [0.15, 0.2) is 34.0 Å². The topological polar surface area (TPSA) is 74.8 Å². The molecule has 0 radical (unpaired) electrons. The minimum Gasteiger partial charge on any atom is -0.326 e. The Morgan fingerprint density at radius 3 is 3.11 bits per heavy atom. The third-order valence-corrected chi connectivity index (χ3v) is 7.57. The van der Waals surface area contributed by atoms with E-state index in [2.05, 4.69) is 15.3 Å². The number of carbonyl (C=O) groups is 1. The first-order valence-electron chi connectivity index (χ1n) is 9.19. The van der Waals surface area contributed by atoms with E-state index in [-0.39, 0.29) is 11.5 Å². The van der Waals surface area contributed by atoms with E-state index in [0.29, 0.717) is 23.8 Å². The number of aryl methyl sites for hydroxylation is 2. The Kier molecular flexibility index (Phi) is 6.08. The van der Waals surface area contributed by atoms with Crippen molar-refractivity contribution in [3.8, 4) is 0 Å². The zero-order valence-corrected chi connectivity index (χ0v) is 18.0. The number of hydrogen-bond acceptors (Lipinski definition) is 6. The molecule has 2 heterocycles. The smallest absolute Gasteiger partial charge is 0.259 e. The number of nitrogens with zero attached hydrogens (tertiary/aromatic N) is 1. The van der Waals surface area contributed by atoms with Crippen LogP contribution in [0.5, 0.6) is 0 Å². The maximum Gasteiger partial charge on any atom is 0.259 e. The van der Waals surface area contributed by atoms with Gasteiger partial charge in [0.05, 0.1) is 11.1 Å². The number of thiophene rings is 1. The van der Waals surface area contributed by atoms with Crippen LogP contribution in [-0.2, 0) is 23.4 Å². The number of carbonyl (C=O) groups excluding carboxylic acids is 1. The third-order valence-electron chi connectivity index (χ3n) is 4.69. The summed E-state index contributed by atoms with van der Waals surface area (Å²) in [6.45, 7) is 0. The third kappa shape index (κ3) is 4.29. The molecule has 0 saturated carbocycles.